The molecule has 9 heteroatoms. The van der Waals surface area contributed by atoms with Crippen molar-refractivity contribution in [1.29, 1.82) is 5.26 Å². The third-order valence-electron chi connectivity index (χ3n) is 9.58. The molecule has 4 atom stereocenters. The Bertz CT molecular complexity index is 1570. The number of hydrogen-bond donors (Lipinski definition) is 5. The van der Waals surface area contributed by atoms with E-state index in [4.69, 9.17) is 15.7 Å². The van der Waals surface area contributed by atoms with Crippen LogP contribution in [0.25, 0.3) is 10.9 Å². The van der Waals surface area contributed by atoms with Crippen LogP contribution in [0.4, 0.5) is 5.69 Å². The van der Waals surface area contributed by atoms with Gasteiger partial charge in [0.2, 0.25) is 5.96 Å². The molecule has 3 aromatic rings. The monoisotopic (exact) mass is 496 g/mol. The van der Waals surface area contributed by atoms with Crippen molar-refractivity contribution in [2.75, 3.05) is 13.1 Å². The minimum absolute atomic E-state index is 0.0225. The molecule has 6 N–H and O–H groups in total. The maximum absolute atomic E-state index is 12.9. The minimum Gasteiger partial charge on any atom is -0.504 e. The highest BCUT2D eigenvalue weighted by atomic mass is 16.5. The molecule has 1 unspecified atom stereocenters. The number of aliphatic imine (C=N–C) groups is 1. The highest BCUT2D eigenvalue weighted by molar-refractivity contribution is 5.90. The van der Waals surface area contributed by atoms with Crippen molar-refractivity contribution in [2.45, 2.75) is 55.3 Å². The Morgan fingerprint density at radius 3 is 3.00 bits per heavy atom. The quantitative estimate of drug-likeness (QED) is 0.162. The van der Waals surface area contributed by atoms with Crippen molar-refractivity contribution >= 4 is 22.5 Å². The maximum atomic E-state index is 12.9. The maximum Gasteiger partial charge on any atom is 0.207 e. The van der Waals surface area contributed by atoms with Crippen LogP contribution in [0.3, 0.4) is 0 Å². The number of fused-ring (bicyclic) bond motifs is 4. The van der Waals surface area contributed by atoms with Gasteiger partial charge in [-0.2, -0.15) is 5.26 Å². The van der Waals surface area contributed by atoms with E-state index < -0.39 is 17.1 Å². The van der Waals surface area contributed by atoms with E-state index in [0.717, 1.165) is 59.6 Å². The second-order valence-electron chi connectivity index (χ2n) is 11.4. The second-order valence-corrected chi connectivity index (χ2v) is 11.4. The lowest BCUT2D eigenvalue weighted by Crippen LogP contribution is -2.74. The largest absolute Gasteiger partial charge is 0.504 e. The molecule has 1 aromatic heterocycles. The zero-order chi connectivity index (χ0) is 25.1. The number of likely N-dealkylation sites (tertiary alicyclic amines) is 1. The molecule has 1 saturated carbocycles. The molecule has 2 aliphatic heterocycles. The van der Waals surface area contributed by atoms with E-state index in [1.807, 2.05) is 24.3 Å². The molecule has 5 aliphatic rings. The van der Waals surface area contributed by atoms with Crippen LogP contribution >= 0.6 is 0 Å². The highest BCUT2D eigenvalue weighted by Crippen LogP contribution is 2.69. The van der Waals surface area contributed by atoms with Gasteiger partial charge in [0, 0.05) is 35.5 Å². The van der Waals surface area contributed by atoms with Gasteiger partial charge >= 0.3 is 0 Å². The van der Waals surface area contributed by atoms with Crippen LogP contribution in [-0.2, 0) is 18.3 Å². The number of nitrogens with one attached hydrogen (secondary N) is 2. The van der Waals surface area contributed by atoms with Crippen molar-refractivity contribution in [3.63, 3.8) is 0 Å². The summed E-state index contributed by atoms with van der Waals surface area (Å²) in [6.07, 6.45) is 5.92. The van der Waals surface area contributed by atoms with Crippen LogP contribution in [-0.4, -0.2) is 50.8 Å². The molecule has 8 rings (SSSR count). The normalized spacial score (nSPS) is 31.4. The number of aromatic nitrogens is 1. The van der Waals surface area contributed by atoms with Crippen molar-refractivity contribution in [1.82, 2.24) is 15.2 Å². The summed E-state index contributed by atoms with van der Waals surface area (Å²) in [7, 11) is 0. The van der Waals surface area contributed by atoms with Gasteiger partial charge in [-0.25, -0.2) is 4.99 Å². The van der Waals surface area contributed by atoms with Gasteiger partial charge in [0.1, 0.15) is 0 Å². The van der Waals surface area contributed by atoms with Gasteiger partial charge in [-0.15, -0.1) is 0 Å². The molecule has 9 nitrogen and oxygen atoms in total. The number of rotatable bonds is 3. The summed E-state index contributed by atoms with van der Waals surface area (Å²) < 4.78 is 6.63. The third-order valence-corrected chi connectivity index (χ3v) is 9.58. The summed E-state index contributed by atoms with van der Waals surface area (Å²) >= 11 is 0. The number of aromatic hydroxyl groups is 1. The number of piperidine rings is 1. The van der Waals surface area contributed by atoms with E-state index in [1.165, 1.54) is 18.4 Å². The summed E-state index contributed by atoms with van der Waals surface area (Å²) in [6.45, 7) is 1.94. The third kappa shape index (κ3) is 2.62. The Hall–Kier alpha value is -3.74. The van der Waals surface area contributed by atoms with Crippen LogP contribution in [0.5, 0.6) is 11.5 Å². The van der Waals surface area contributed by atoms with Gasteiger partial charge in [0.05, 0.1) is 22.4 Å². The lowest BCUT2D eigenvalue weighted by molar-refractivity contribution is -0.173. The summed E-state index contributed by atoms with van der Waals surface area (Å²) in [4.78, 5) is 10.5. The first-order valence-electron chi connectivity index (χ1n) is 13.0. The van der Waals surface area contributed by atoms with Crippen LogP contribution in [0.1, 0.15) is 47.8 Å². The number of ether oxygens (including phenoxy) is 1. The molecule has 2 bridgehead atoms. The standard InChI is InChI=1S/C28H28N6O3/c29-13-31-26(30)32-16-4-5-19-17(10-16)18-11-28(36)21-9-15-3-6-20(35)24-22(15)27(28,25(37-24)23(18)33-19)7-8-34(21)12-14-1-2-14/h3-6,10,14,21,25,33,35-36H,1-2,7-9,11-12H2,(H3,30,31,32)/t21?,25-,27-,28+/m0/s1. The molecule has 1 saturated heterocycles. The average molecular weight is 497 g/mol. The molecule has 37 heavy (non-hydrogen) atoms. The lowest BCUT2D eigenvalue weighted by Gasteiger charge is -2.62. The molecule has 0 amide bonds. The van der Waals surface area contributed by atoms with Crippen molar-refractivity contribution in [2.24, 2.45) is 16.6 Å². The SMILES string of the molecule is N#CNC(N)=Nc1ccc2[nH]c3c(c2c1)C[C@@]1(O)C2Cc4ccc(O)c5c4[C@@]1(CCN2CC1CC1)[C@H]3O5. The first kappa shape index (κ1) is 21.4. The summed E-state index contributed by atoms with van der Waals surface area (Å²) in [5.74, 6) is 1.42. The van der Waals surface area contributed by atoms with E-state index in [1.54, 1.807) is 12.3 Å². The first-order valence-corrected chi connectivity index (χ1v) is 13.0. The van der Waals surface area contributed by atoms with Gasteiger partial charge < -0.3 is 25.7 Å². The Morgan fingerprint density at radius 2 is 2.19 bits per heavy atom. The van der Waals surface area contributed by atoms with Crippen LogP contribution in [0.15, 0.2) is 35.3 Å². The molecule has 188 valence electrons. The van der Waals surface area contributed by atoms with Crippen LogP contribution in [0, 0.1) is 17.4 Å². The average Bonchev–Trinajstić information content (AvgIpc) is 3.51. The van der Waals surface area contributed by atoms with Crippen LogP contribution < -0.4 is 15.8 Å². The van der Waals surface area contributed by atoms with E-state index in [9.17, 15) is 10.2 Å². The molecule has 2 aromatic carbocycles. The number of nitriles is 1. The number of aromatic amines is 1. The van der Waals surface area contributed by atoms with Crippen molar-refractivity contribution in [3.05, 3.63) is 52.7 Å². The number of benzene rings is 2. The molecule has 3 heterocycles. The molecular formula is C28H28N6O3. The number of phenols is 1. The zero-order valence-corrected chi connectivity index (χ0v) is 20.3. The van der Waals surface area contributed by atoms with E-state index in [2.05, 4.69) is 20.2 Å². The topological polar surface area (TPSA) is 143 Å². The Morgan fingerprint density at radius 1 is 1.32 bits per heavy atom. The number of H-pyrrole nitrogens is 1. The zero-order valence-electron chi connectivity index (χ0n) is 20.3. The fourth-order valence-electron chi connectivity index (χ4n) is 7.90. The van der Waals surface area contributed by atoms with Crippen molar-refractivity contribution < 1.29 is 14.9 Å². The number of hydrogen-bond acceptors (Lipinski definition) is 6. The highest BCUT2D eigenvalue weighted by Gasteiger charge is 2.72. The summed E-state index contributed by atoms with van der Waals surface area (Å²) in [6, 6.07) is 9.49. The number of guanidine groups is 1. The molecule has 1 spiro atoms. The first-order chi connectivity index (χ1) is 17.9. The predicted octanol–water partition coefficient (Wildman–Crippen LogP) is 2.59. The molecule has 3 aliphatic carbocycles. The number of aliphatic hydroxyl groups is 1. The summed E-state index contributed by atoms with van der Waals surface area (Å²) in [5.41, 5.74) is 9.89. The Balaban J connectivity index is 1.34. The Kier molecular flexibility index (Phi) is 4.02. The van der Waals surface area contributed by atoms with Crippen molar-refractivity contribution in [3.8, 4) is 17.7 Å². The number of phenolic OH excluding ortho intramolecular Hbond substituents is 1. The van der Waals surface area contributed by atoms with Crippen LogP contribution in [0.2, 0.25) is 0 Å². The van der Waals surface area contributed by atoms with Gasteiger partial charge in [0.15, 0.2) is 23.8 Å². The summed E-state index contributed by atoms with van der Waals surface area (Å²) in [5, 5.41) is 35.9. The molecule has 2 fully saturated rings. The van der Waals surface area contributed by atoms with E-state index in [0.29, 0.717) is 17.9 Å². The fourth-order valence-corrected chi connectivity index (χ4v) is 7.90. The van der Waals surface area contributed by atoms with E-state index in [-0.39, 0.29) is 17.8 Å². The van der Waals surface area contributed by atoms with Gasteiger partial charge in [0.25, 0.3) is 0 Å². The van der Waals surface area contributed by atoms with Gasteiger partial charge in [-0.1, -0.05) is 6.07 Å². The fraction of sp³-hybridized carbons (Fsp3) is 0.429. The molecular weight excluding hydrogens is 468 g/mol. The van der Waals surface area contributed by atoms with E-state index >= 15 is 0 Å². The smallest absolute Gasteiger partial charge is 0.207 e. The number of nitrogens with zero attached hydrogens (tertiary/aromatic N) is 3. The number of nitrogens with two attached hydrogens (primary N) is 1. The second kappa shape index (κ2) is 6.97. The van der Waals surface area contributed by atoms with Gasteiger partial charge in [-0.05, 0) is 73.5 Å². The van der Waals surface area contributed by atoms with Gasteiger partial charge in [-0.3, -0.25) is 10.2 Å². The molecule has 0 radical (unpaired) electrons. The minimum atomic E-state index is -1.04. The Labute approximate surface area is 213 Å². The lowest BCUT2D eigenvalue weighted by atomic mass is 9.49. The predicted molar refractivity (Wildman–Crippen MR) is 137 cm³/mol.